The molecular weight excluding hydrogens is 365 g/mol. The van der Waals surface area contributed by atoms with Crippen LogP contribution < -0.4 is 5.32 Å². The van der Waals surface area contributed by atoms with Gasteiger partial charge in [-0.2, -0.15) is 0 Å². The molecule has 1 aromatic carbocycles. The molecule has 0 aliphatic heterocycles. The summed E-state index contributed by atoms with van der Waals surface area (Å²) in [6, 6.07) is 4.83. The molecule has 2 heterocycles. The Morgan fingerprint density at radius 3 is 2.96 bits per heavy atom. The van der Waals surface area contributed by atoms with E-state index in [-0.39, 0.29) is 23.5 Å². The van der Waals surface area contributed by atoms with E-state index in [9.17, 15) is 9.18 Å². The van der Waals surface area contributed by atoms with Crippen LogP contribution in [0, 0.1) is 11.7 Å². The molecule has 3 aromatic rings. The molecule has 0 spiro atoms. The molecular formula is C19H22FN5OS. The van der Waals surface area contributed by atoms with Gasteiger partial charge >= 0.3 is 0 Å². The number of nitrogens with one attached hydrogen (secondary N) is 1. The number of benzene rings is 1. The van der Waals surface area contributed by atoms with Crippen LogP contribution in [0.5, 0.6) is 0 Å². The zero-order chi connectivity index (χ0) is 19.0. The minimum atomic E-state index is -0.316. The predicted octanol–water partition coefficient (Wildman–Crippen LogP) is 3.44. The van der Waals surface area contributed by atoms with Gasteiger partial charge < -0.3 is 9.88 Å². The number of amides is 1. The third-order valence-electron chi connectivity index (χ3n) is 5.33. The quantitative estimate of drug-likeness (QED) is 0.694. The number of carbonyl (C=O) groups excluding carboxylic acids is 1. The maximum Gasteiger partial charge on any atom is 0.230 e. The highest BCUT2D eigenvalue weighted by Gasteiger charge is 2.23. The lowest BCUT2D eigenvalue weighted by Gasteiger charge is -2.29. The van der Waals surface area contributed by atoms with Crippen molar-refractivity contribution in [2.75, 3.05) is 5.75 Å². The van der Waals surface area contributed by atoms with E-state index in [4.69, 9.17) is 0 Å². The maximum absolute atomic E-state index is 13.6. The van der Waals surface area contributed by atoms with E-state index in [0.717, 1.165) is 11.9 Å². The number of aromatic nitrogens is 4. The summed E-state index contributed by atoms with van der Waals surface area (Å²) in [4.78, 5) is 16.8. The first-order valence-corrected chi connectivity index (χ1v) is 10.2. The van der Waals surface area contributed by atoms with Crippen molar-refractivity contribution in [3.8, 4) is 0 Å². The minimum Gasteiger partial charge on any atom is -0.352 e. The number of fused-ring (bicyclic) bond motifs is 3. The van der Waals surface area contributed by atoms with E-state index in [1.807, 2.05) is 11.6 Å². The highest BCUT2D eigenvalue weighted by Crippen LogP contribution is 2.27. The first-order chi connectivity index (χ1) is 13.0. The zero-order valence-electron chi connectivity index (χ0n) is 15.4. The summed E-state index contributed by atoms with van der Waals surface area (Å²) in [5.41, 5.74) is 2.05. The highest BCUT2D eigenvalue weighted by molar-refractivity contribution is 7.99. The molecule has 2 atom stereocenters. The monoisotopic (exact) mass is 387 g/mol. The molecule has 0 bridgehead atoms. The average molecular weight is 387 g/mol. The molecule has 1 aliphatic carbocycles. The third-order valence-corrected chi connectivity index (χ3v) is 6.17. The van der Waals surface area contributed by atoms with Gasteiger partial charge in [-0.15, -0.1) is 10.2 Å². The number of thioether (sulfide) groups is 1. The van der Waals surface area contributed by atoms with Gasteiger partial charge in [-0.05, 0) is 37.0 Å². The van der Waals surface area contributed by atoms with Crippen molar-refractivity contribution in [2.45, 2.75) is 43.8 Å². The van der Waals surface area contributed by atoms with Crippen molar-refractivity contribution in [2.24, 2.45) is 13.0 Å². The van der Waals surface area contributed by atoms with E-state index in [2.05, 4.69) is 27.4 Å². The molecule has 0 unspecified atom stereocenters. The van der Waals surface area contributed by atoms with Crippen LogP contribution in [0.25, 0.3) is 22.1 Å². The van der Waals surface area contributed by atoms with Gasteiger partial charge in [0.1, 0.15) is 11.3 Å². The molecule has 4 rings (SSSR count). The fourth-order valence-electron chi connectivity index (χ4n) is 3.79. The smallest absolute Gasteiger partial charge is 0.230 e. The van der Waals surface area contributed by atoms with E-state index in [1.165, 1.54) is 43.2 Å². The Balaban J connectivity index is 1.48. The van der Waals surface area contributed by atoms with Crippen molar-refractivity contribution in [3.63, 3.8) is 0 Å². The van der Waals surface area contributed by atoms with Crippen molar-refractivity contribution in [3.05, 3.63) is 24.0 Å². The first-order valence-electron chi connectivity index (χ1n) is 9.23. The fraction of sp³-hybridized carbons (Fsp3) is 0.474. The molecule has 1 amide bonds. The van der Waals surface area contributed by atoms with Crippen LogP contribution in [-0.4, -0.2) is 37.5 Å². The van der Waals surface area contributed by atoms with Crippen LogP contribution in [0.3, 0.4) is 0 Å². The lowest BCUT2D eigenvalue weighted by molar-refractivity contribution is -0.119. The molecule has 2 aromatic heterocycles. The lowest BCUT2D eigenvalue weighted by atomic mass is 9.86. The second kappa shape index (κ2) is 7.42. The first kappa shape index (κ1) is 18.2. The summed E-state index contributed by atoms with van der Waals surface area (Å²) in [5, 5.41) is 12.6. The molecule has 1 aliphatic rings. The van der Waals surface area contributed by atoms with Gasteiger partial charge in [0.15, 0.2) is 5.65 Å². The molecule has 0 radical (unpaired) electrons. The normalized spacial score (nSPS) is 20.3. The summed E-state index contributed by atoms with van der Waals surface area (Å²) in [5.74, 6) is 0.471. The molecule has 27 heavy (non-hydrogen) atoms. The molecule has 1 fully saturated rings. The number of hydrogen-bond donors (Lipinski definition) is 1. The van der Waals surface area contributed by atoms with Crippen LogP contribution in [-0.2, 0) is 11.8 Å². The number of carbonyl (C=O) groups is 1. The Morgan fingerprint density at radius 1 is 1.33 bits per heavy atom. The second-order valence-corrected chi connectivity index (χ2v) is 8.15. The van der Waals surface area contributed by atoms with E-state index in [0.29, 0.717) is 27.6 Å². The molecule has 8 heteroatoms. The van der Waals surface area contributed by atoms with Gasteiger partial charge in [0.05, 0.1) is 11.3 Å². The van der Waals surface area contributed by atoms with Crippen LogP contribution in [0.15, 0.2) is 23.4 Å². The Hall–Kier alpha value is -2.22. The molecule has 6 nitrogen and oxygen atoms in total. The van der Waals surface area contributed by atoms with Crippen molar-refractivity contribution in [1.82, 2.24) is 25.1 Å². The number of aryl methyl sites for hydroxylation is 1. The second-order valence-electron chi connectivity index (χ2n) is 7.21. The van der Waals surface area contributed by atoms with Crippen LogP contribution in [0.1, 0.15) is 32.6 Å². The summed E-state index contributed by atoms with van der Waals surface area (Å²) < 4.78 is 15.4. The minimum absolute atomic E-state index is 0.00144. The average Bonchev–Trinajstić information content (AvgIpc) is 2.93. The van der Waals surface area contributed by atoms with Crippen molar-refractivity contribution >= 4 is 39.7 Å². The van der Waals surface area contributed by atoms with Crippen LogP contribution in [0.2, 0.25) is 0 Å². The SMILES string of the molecule is C[C@H]1CCCC[C@@H]1NC(=O)CSc1nnc2c3cc(F)ccc3n(C)c2n1. The Labute approximate surface area is 160 Å². The summed E-state index contributed by atoms with van der Waals surface area (Å²) >= 11 is 1.27. The number of halogens is 1. The van der Waals surface area contributed by atoms with E-state index < -0.39 is 0 Å². The third kappa shape index (κ3) is 3.63. The van der Waals surface area contributed by atoms with E-state index in [1.54, 1.807) is 6.07 Å². The molecule has 0 saturated heterocycles. The standard InChI is InChI=1S/C19H22FN5OS/c1-11-5-3-4-6-14(11)21-16(26)10-27-19-22-18-17(23-24-19)13-9-12(20)7-8-15(13)25(18)2/h7-9,11,14H,3-6,10H2,1-2H3,(H,21,26)/t11-,14-/m0/s1. The van der Waals surface area contributed by atoms with E-state index >= 15 is 0 Å². The molecule has 142 valence electrons. The molecule has 1 saturated carbocycles. The van der Waals surface area contributed by atoms with Gasteiger partial charge in [-0.1, -0.05) is 31.5 Å². The topological polar surface area (TPSA) is 72.7 Å². The Morgan fingerprint density at radius 2 is 2.15 bits per heavy atom. The van der Waals surface area contributed by atoms with Crippen molar-refractivity contribution in [1.29, 1.82) is 0 Å². The van der Waals surface area contributed by atoms with Crippen molar-refractivity contribution < 1.29 is 9.18 Å². The van der Waals surface area contributed by atoms with Gasteiger partial charge in [-0.25, -0.2) is 9.37 Å². The zero-order valence-corrected chi connectivity index (χ0v) is 16.2. The van der Waals surface area contributed by atoms with Gasteiger partial charge in [0, 0.05) is 18.5 Å². The van der Waals surface area contributed by atoms with Gasteiger partial charge in [-0.3, -0.25) is 4.79 Å². The summed E-state index contributed by atoms with van der Waals surface area (Å²) in [6.45, 7) is 2.20. The fourth-order valence-corrected chi connectivity index (χ4v) is 4.38. The number of hydrogen-bond acceptors (Lipinski definition) is 5. The Bertz CT molecular complexity index is 1000. The number of rotatable bonds is 4. The highest BCUT2D eigenvalue weighted by atomic mass is 32.2. The van der Waals surface area contributed by atoms with Gasteiger partial charge in [0.25, 0.3) is 0 Å². The number of nitrogens with zero attached hydrogens (tertiary/aromatic N) is 4. The maximum atomic E-state index is 13.6. The van der Waals surface area contributed by atoms with Crippen LogP contribution >= 0.6 is 11.8 Å². The van der Waals surface area contributed by atoms with Crippen LogP contribution in [0.4, 0.5) is 4.39 Å². The summed E-state index contributed by atoms with van der Waals surface area (Å²) in [6.07, 6.45) is 4.64. The molecule has 1 N–H and O–H groups in total. The predicted molar refractivity (Wildman–Crippen MR) is 104 cm³/mol. The van der Waals surface area contributed by atoms with Gasteiger partial charge in [0.2, 0.25) is 11.1 Å². The lowest BCUT2D eigenvalue weighted by Crippen LogP contribution is -2.41. The summed E-state index contributed by atoms with van der Waals surface area (Å²) in [7, 11) is 1.86. The Kier molecular flexibility index (Phi) is 4.99. The largest absolute Gasteiger partial charge is 0.352 e.